The third kappa shape index (κ3) is 2.73. The van der Waals surface area contributed by atoms with Crippen LogP contribution in [0.3, 0.4) is 0 Å². The summed E-state index contributed by atoms with van der Waals surface area (Å²) < 4.78 is 10.5. The highest BCUT2D eigenvalue weighted by Gasteiger charge is 2.22. The van der Waals surface area contributed by atoms with E-state index < -0.39 is 5.54 Å². The fourth-order valence-corrected chi connectivity index (χ4v) is 1.75. The molecule has 0 spiro atoms. The Balaban J connectivity index is 2.14. The topological polar surface area (TPSA) is 64.8 Å². The average molecular weight is 250 g/mol. The van der Waals surface area contributed by atoms with E-state index in [0.29, 0.717) is 11.5 Å². The van der Waals surface area contributed by atoms with Crippen molar-refractivity contribution >= 4 is 11.6 Å². The summed E-state index contributed by atoms with van der Waals surface area (Å²) in [5.41, 5.74) is 6.11. The molecule has 0 radical (unpaired) electrons. The fourth-order valence-electron chi connectivity index (χ4n) is 1.75. The molecule has 0 saturated carbocycles. The van der Waals surface area contributed by atoms with Gasteiger partial charge in [0.15, 0.2) is 11.5 Å². The van der Waals surface area contributed by atoms with E-state index in [1.54, 1.807) is 24.1 Å². The normalized spacial score (nSPS) is 13.6. The summed E-state index contributed by atoms with van der Waals surface area (Å²) in [5.74, 6) is 1.35. The van der Waals surface area contributed by atoms with Crippen molar-refractivity contribution in [2.75, 3.05) is 18.7 Å². The van der Waals surface area contributed by atoms with E-state index in [4.69, 9.17) is 15.2 Å². The van der Waals surface area contributed by atoms with Crippen LogP contribution in [-0.4, -0.2) is 25.3 Å². The van der Waals surface area contributed by atoms with E-state index in [-0.39, 0.29) is 19.1 Å². The lowest BCUT2D eigenvalue weighted by Gasteiger charge is -2.23. The van der Waals surface area contributed by atoms with Gasteiger partial charge in [-0.2, -0.15) is 0 Å². The van der Waals surface area contributed by atoms with Gasteiger partial charge in [0, 0.05) is 30.8 Å². The van der Waals surface area contributed by atoms with Gasteiger partial charge >= 0.3 is 0 Å². The third-order valence-electron chi connectivity index (χ3n) is 2.72. The zero-order chi connectivity index (χ0) is 13.3. The van der Waals surface area contributed by atoms with E-state index in [9.17, 15) is 4.79 Å². The molecule has 5 nitrogen and oxygen atoms in total. The quantitative estimate of drug-likeness (QED) is 0.883. The predicted molar refractivity (Wildman–Crippen MR) is 68.9 cm³/mol. The highest BCUT2D eigenvalue weighted by Crippen LogP contribution is 2.35. The molecular formula is C13H18N2O3. The van der Waals surface area contributed by atoms with Gasteiger partial charge in [0.2, 0.25) is 12.7 Å². The summed E-state index contributed by atoms with van der Waals surface area (Å²) in [6.45, 7) is 3.89. The van der Waals surface area contributed by atoms with Crippen LogP contribution in [0.25, 0.3) is 0 Å². The Morgan fingerprint density at radius 3 is 2.72 bits per heavy atom. The predicted octanol–water partition coefficient (Wildman–Crippen LogP) is 1.51. The highest BCUT2D eigenvalue weighted by atomic mass is 16.7. The summed E-state index contributed by atoms with van der Waals surface area (Å²) in [7, 11) is 1.73. The lowest BCUT2D eigenvalue weighted by Crippen LogP contribution is -2.39. The van der Waals surface area contributed by atoms with Gasteiger partial charge in [0.05, 0.1) is 0 Å². The van der Waals surface area contributed by atoms with E-state index in [2.05, 4.69) is 0 Å². The van der Waals surface area contributed by atoms with Gasteiger partial charge in [0.1, 0.15) is 0 Å². The van der Waals surface area contributed by atoms with E-state index in [1.807, 2.05) is 19.9 Å². The summed E-state index contributed by atoms with van der Waals surface area (Å²) >= 11 is 0. The van der Waals surface area contributed by atoms with Crippen molar-refractivity contribution in [2.24, 2.45) is 5.73 Å². The van der Waals surface area contributed by atoms with Gasteiger partial charge in [0.25, 0.3) is 0 Å². The first-order valence-corrected chi connectivity index (χ1v) is 5.82. The number of hydrogen-bond acceptors (Lipinski definition) is 4. The monoisotopic (exact) mass is 250 g/mol. The van der Waals surface area contributed by atoms with Crippen LogP contribution < -0.4 is 20.1 Å². The smallest absolute Gasteiger partial charge is 0.231 e. The Bertz CT molecular complexity index is 466. The average Bonchev–Trinajstić information content (AvgIpc) is 2.72. The number of rotatable bonds is 3. The van der Waals surface area contributed by atoms with Crippen LogP contribution in [0, 0.1) is 0 Å². The molecule has 1 amide bonds. The highest BCUT2D eigenvalue weighted by molar-refractivity contribution is 5.93. The standard InChI is InChI=1S/C13H18N2O3/c1-13(2,14)7-12(16)15(3)9-4-5-10-11(6-9)18-8-17-10/h4-6H,7-8,14H2,1-3H3. The minimum atomic E-state index is -0.512. The van der Waals surface area contributed by atoms with Gasteiger partial charge in [-0.15, -0.1) is 0 Å². The Morgan fingerprint density at radius 1 is 1.39 bits per heavy atom. The number of nitrogens with two attached hydrogens (primary N) is 1. The van der Waals surface area contributed by atoms with Crippen molar-refractivity contribution in [3.63, 3.8) is 0 Å². The summed E-state index contributed by atoms with van der Waals surface area (Å²) in [5, 5.41) is 0. The molecule has 0 unspecified atom stereocenters. The number of amides is 1. The molecule has 0 fully saturated rings. The SMILES string of the molecule is CN(C(=O)CC(C)(C)N)c1ccc2c(c1)OCO2. The van der Waals surface area contributed by atoms with Gasteiger partial charge in [-0.05, 0) is 26.0 Å². The van der Waals surface area contributed by atoms with E-state index in [0.717, 1.165) is 5.69 Å². The largest absolute Gasteiger partial charge is 0.454 e. The molecule has 0 aromatic heterocycles. The molecule has 98 valence electrons. The van der Waals surface area contributed by atoms with Crippen molar-refractivity contribution < 1.29 is 14.3 Å². The molecule has 2 N–H and O–H groups in total. The number of anilines is 1. The summed E-state index contributed by atoms with van der Waals surface area (Å²) in [6, 6.07) is 5.42. The molecule has 1 aliphatic rings. The van der Waals surface area contributed by atoms with Crippen LogP contribution in [0.1, 0.15) is 20.3 Å². The zero-order valence-corrected chi connectivity index (χ0v) is 10.9. The first kappa shape index (κ1) is 12.7. The number of fused-ring (bicyclic) bond motifs is 1. The second kappa shape index (κ2) is 4.49. The summed E-state index contributed by atoms with van der Waals surface area (Å²) in [6.07, 6.45) is 0.290. The molecule has 1 aromatic rings. The molecule has 1 aliphatic heterocycles. The number of carbonyl (C=O) groups excluding carboxylic acids is 1. The van der Waals surface area contributed by atoms with E-state index >= 15 is 0 Å². The zero-order valence-electron chi connectivity index (χ0n) is 10.9. The number of ether oxygens (including phenoxy) is 2. The van der Waals surface area contributed by atoms with Crippen LogP contribution in [0.5, 0.6) is 11.5 Å². The van der Waals surface area contributed by atoms with Crippen molar-refractivity contribution in [3.05, 3.63) is 18.2 Å². The molecule has 0 bridgehead atoms. The number of carbonyl (C=O) groups is 1. The van der Waals surface area contributed by atoms with E-state index in [1.165, 1.54) is 0 Å². The Kier molecular flexibility index (Phi) is 3.17. The summed E-state index contributed by atoms with van der Waals surface area (Å²) in [4.78, 5) is 13.6. The second-order valence-electron chi connectivity index (χ2n) is 5.16. The minimum Gasteiger partial charge on any atom is -0.454 e. The third-order valence-corrected chi connectivity index (χ3v) is 2.72. The first-order chi connectivity index (χ1) is 8.37. The molecule has 18 heavy (non-hydrogen) atoms. The molecular weight excluding hydrogens is 232 g/mol. The fraction of sp³-hybridized carbons (Fsp3) is 0.462. The molecule has 1 aromatic carbocycles. The first-order valence-electron chi connectivity index (χ1n) is 5.82. The van der Waals surface area contributed by atoms with Crippen LogP contribution in [-0.2, 0) is 4.79 Å². The molecule has 0 saturated heterocycles. The van der Waals surface area contributed by atoms with Crippen molar-refractivity contribution in [3.8, 4) is 11.5 Å². The molecule has 1 heterocycles. The lowest BCUT2D eigenvalue weighted by molar-refractivity contribution is -0.119. The van der Waals surface area contributed by atoms with Crippen LogP contribution >= 0.6 is 0 Å². The number of nitrogens with zero attached hydrogens (tertiary/aromatic N) is 1. The molecule has 5 heteroatoms. The maximum atomic E-state index is 12.0. The maximum absolute atomic E-state index is 12.0. The van der Waals surface area contributed by atoms with Crippen molar-refractivity contribution in [2.45, 2.75) is 25.8 Å². The van der Waals surface area contributed by atoms with Gasteiger partial charge in [-0.3, -0.25) is 4.79 Å². The van der Waals surface area contributed by atoms with Crippen molar-refractivity contribution in [1.82, 2.24) is 0 Å². The second-order valence-corrected chi connectivity index (χ2v) is 5.16. The lowest BCUT2D eigenvalue weighted by atomic mass is 10.0. The molecule has 0 aliphatic carbocycles. The Labute approximate surface area is 106 Å². The number of hydrogen-bond donors (Lipinski definition) is 1. The van der Waals surface area contributed by atoms with Crippen molar-refractivity contribution in [1.29, 1.82) is 0 Å². The molecule has 2 rings (SSSR count). The van der Waals surface area contributed by atoms with Gasteiger partial charge < -0.3 is 20.1 Å². The number of benzene rings is 1. The molecule has 0 atom stereocenters. The Hall–Kier alpha value is -1.75. The minimum absolute atomic E-state index is 0.0265. The van der Waals surface area contributed by atoms with Gasteiger partial charge in [-0.25, -0.2) is 0 Å². The van der Waals surface area contributed by atoms with Gasteiger partial charge in [-0.1, -0.05) is 0 Å². The van der Waals surface area contributed by atoms with Crippen LogP contribution in [0.2, 0.25) is 0 Å². The maximum Gasteiger partial charge on any atom is 0.231 e. The van der Waals surface area contributed by atoms with Crippen LogP contribution in [0.4, 0.5) is 5.69 Å². The van der Waals surface area contributed by atoms with Crippen LogP contribution in [0.15, 0.2) is 18.2 Å². The Morgan fingerprint density at radius 2 is 2.06 bits per heavy atom.